The number of benzene rings is 1. The van der Waals surface area contributed by atoms with Crippen LogP contribution in [-0.2, 0) is 4.74 Å². The molecule has 0 amide bonds. The van der Waals surface area contributed by atoms with Gasteiger partial charge in [-0.05, 0) is 12.1 Å². The third-order valence-corrected chi connectivity index (χ3v) is 3.42. The van der Waals surface area contributed by atoms with Crippen molar-refractivity contribution in [3.63, 3.8) is 0 Å². The summed E-state index contributed by atoms with van der Waals surface area (Å²) in [6.07, 6.45) is 0. The maximum atomic E-state index is 5.94. The number of para-hydroxylation sites is 2. The van der Waals surface area contributed by atoms with E-state index in [1.165, 1.54) is 0 Å². The van der Waals surface area contributed by atoms with Crippen LogP contribution >= 0.6 is 0 Å². The summed E-state index contributed by atoms with van der Waals surface area (Å²) in [5.41, 5.74) is 7.62. The van der Waals surface area contributed by atoms with Crippen molar-refractivity contribution in [2.24, 2.45) is 0 Å². The van der Waals surface area contributed by atoms with E-state index in [1.54, 1.807) is 0 Å². The number of nitrogens with two attached hydrogens (primary N) is 1. The Labute approximate surface area is 117 Å². The molecule has 1 aromatic carbocycles. The van der Waals surface area contributed by atoms with Gasteiger partial charge in [0.1, 0.15) is 0 Å². The van der Waals surface area contributed by atoms with Crippen LogP contribution in [0.15, 0.2) is 24.3 Å². The molecule has 20 heavy (non-hydrogen) atoms. The molecule has 0 saturated carbocycles. The van der Waals surface area contributed by atoms with Crippen LogP contribution in [0.4, 0.5) is 11.6 Å². The van der Waals surface area contributed by atoms with Crippen molar-refractivity contribution in [2.45, 2.75) is 0 Å². The monoisotopic (exact) mass is 273 g/mol. The molecule has 2 aromatic rings. The number of rotatable bonds is 4. The van der Waals surface area contributed by atoms with Crippen LogP contribution in [0.5, 0.6) is 0 Å². The average Bonchev–Trinajstić information content (AvgIpc) is 2.49. The van der Waals surface area contributed by atoms with Crippen LogP contribution in [0.2, 0.25) is 0 Å². The minimum absolute atomic E-state index is 0.450. The third-order valence-electron chi connectivity index (χ3n) is 3.42. The van der Waals surface area contributed by atoms with Gasteiger partial charge < -0.3 is 15.8 Å². The minimum atomic E-state index is 0.450. The second-order valence-electron chi connectivity index (χ2n) is 4.83. The van der Waals surface area contributed by atoms with E-state index in [4.69, 9.17) is 10.5 Å². The zero-order valence-corrected chi connectivity index (χ0v) is 11.4. The smallest absolute Gasteiger partial charge is 0.169 e. The molecule has 6 heteroatoms. The van der Waals surface area contributed by atoms with Crippen molar-refractivity contribution in [3.8, 4) is 0 Å². The van der Waals surface area contributed by atoms with E-state index in [2.05, 4.69) is 20.2 Å². The van der Waals surface area contributed by atoms with E-state index >= 15 is 0 Å². The lowest BCUT2D eigenvalue weighted by Crippen LogP contribution is -2.39. The summed E-state index contributed by atoms with van der Waals surface area (Å²) < 4.78 is 5.33. The second-order valence-corrected chi connectivity index (χ2v) is 4.83. The molecule has 0 spiro atoms. The van der Waals surface area contributed by atoms with Crippen molar-refractivity contribution in [3.05, 3.63) is 24.3 Å². The molecule has 0 aliphatic carbocycles. The molecule has 0 radical (unpaired) electrons. The lowest BCUT2D eigenvalue weighted by atomic mass is 10.3. The first kappa shape index (κ1) is 13.1. The Bertz CT molecular complexity index is 583. The van der Waals surface area contributed by atoms with Crippen molar-refractivity contribution in [1.82, 2.24) is 14.9 Å². The number of anilines is 2. The highest BCUT2D eigenvalue weighted by molar-refractivity contribution is 5.79. The maximum Gasteiger partial charge on any atom is 0.169 e. The van der Waals surface area contributed by atoms with Crippen LogP contribution in [0.1, 0.15) is 0 Å². The van der Waals surface area contributed by atoms with Gasteiger partial charge in [0.2, 0.25) is 0 Å². The van der Waals surface area contributed by atoms with Crippen LogP contribution in [0.3, 0.4) is 0 Å². The molecule has 6 nitrogen and oxygen atoms in total. The summed E-state index contributed by atoms with van der Waals surface area (Å²) in [5, 5.41) is 3.27. The maximum absolute atomic E-state index is 5.94. The molecule has 0 bridgehead atoms. The van der Waals surface area contributed by atoms with E-state index < -0.39 is 0 Å². The Balaban J connectivity index is 1.63. The summed E-state index contributed by atoms with van der Waals surface area (Å²) in [5.74, 6) is 1.11. The highest BCUT2D eigenvalue weighted by Gasteiger charge is 2.10. The van der Waals surface area contributed by atoms with Crippen molar-refractivity contribution in [2.75, 3.05) is 50.4 Å². The number of nitrogens with one attached hydrogen (secondary N) is 1. The number of ether oxygens (including phenoxy) is 1. The van der Waals surface area contributed by atoms with Crippen molar-refractivity contribution < 1.29 is 4.74 Å². The van der Waals surface area contributed by atoms with Crippen LogP contribution in [0, 0.1) is 0 Å². The number of morpholine rings is 1. The highest BCUT2D eigenvalue weighted by atomic mass is 16.5. The van der Waals surface area contributed by atoms with Gasteiger partial charge in [0, 0.05) is 26.2 Å². The predicted octanol–water partition coefficient (Wildman–Crippen LogP) is 0.956. The fraction of sp³-hybridized carbons (Fsp3) is 0.429. The molecule has 1 fully saturated rings. The van der Waals surface area contributed by atoms with Crippen LogP contribution in [-0.4, -0.2) is 54.3 Å². The highest BCUT2D eigenvalue weighted by Crippen LogP contribution is 2.17. The normalized spacial score (nSPS) is 16.4. The predicted molar refractivity (Wildman–Crippen MR) is 79.7 cm³/mol. The number of hydrogen-bond acceptors (Lipinski definition) is 6. The summed E-state index contributed by atoms with van der Waals surface area (Å²) in [6.45, 7) is 5.37. The Morgan fingerprint density at radius 1 is 1.15 bits per heavy atom. The van der Waals surface area contributed by atoms with Crippen molar-refractivity contribution in [1.29, 1.82) is 0 Å². The fourth-order valence-electron chi connectivity index (χ4n) is 2.30. The van der Waals surface area contributed by atoms with Crippen LogP contribution in [0.25, 0.3) is 11.0 Å². The average molecular weight is 273 g/mol. The van der Waals surface area contributed by atoms with Gasteiger partial charge in [-0.25, -0.2) is 9.97 Å². The quantitative estimate of drug-likeness (QED) is 0.864. The first-order valence-electron chi connectivity index (χ1n) is 6.89. The molecule has 2 heterocycles. The molecule has 1 aliphatic rings. The molecule has 106 valence electrons. The summed E-state index contributed by atoms with van der Waals surface area (Å²) in [4.78, 5) is 11.2. The van der Waals surface area contributed by atoms with Gasteiger partial charge in [-0.15, -0.1) is 0 Å². The Morgan fingerprint density at radius 3 is 2.60 bits per heavy atom. The van der Waals surface area contributed by atoms with E-state index in [0.29, 0.717) is 11.6 Å². The molecule has 0 unspecified atom stereocenters. The first-order chi connectivity index (χ1) is 9.83. The molecule has 1 saturated heterocycles. The van der Waals surface area contributed by atoms with Gasteiger partial charge in [-0.2, -0.15) is 0 Å². The minimum Gasteiger partial charge on any atom is -0.381 e. The van der Waals surface area contributed by atoms with E-state index in [-0.39, 0.29) is 0 Å². The van der Waals surface area contributed by atoms with E-state index in [0.717, 1.165) is 50.4 Å². The Kier molecular flexibility index (Phi) is 3.94. The molecular formula is C14H19N5O. The van der Waals surface area contributed by atoms with Crippen LogP contribution < -0.4 is 11.1 Å². The van der Waals surface area contributed by atoms with Gasteiger partial charge in [-0.1, -0.05) is 12.1 Å². The van der Waals surface area contributed by atoms with Gasteiger partial charge >= 0.3 is 0 Å². The summed E-state index contributed by atoms with van der Waals surface area (Å²) in [6, 6.07) is 7.73. The Hall–Kier alpha value is -1.92. The Morgan fingerprint density at radius 2 is 1.85 bits per heavy atom. The zero-order chi connectivity index (χ0) is 13.8. The van der Waals surface area contributed by atoms with Gasteiger partial charge in [0.15, 0.2) is 11.6 Å². The first-order valence-corrected chi connectivity index (χ1v) is 6.89. The fourth-order valence-corrected chi connectivity index (χ4v) is 2.30. The number of nitrogens with zero attached hydrogens (tertiary/aromatic N) is 3. The number of fused-ring (bicyclic) bond motifs is 1. The van der Waals surface area contributed by atoms with Gasteiger partial charge in [0.05, 0.1) is 24.2 Å². The molecule has 3 rings (SSSR count). The second kappa shape index (κ2) is 6.02. The van der Waals surface area contributed by atoms with Gasteiger partial charge in [-0.3, -0.25) is 4.90 Å². The van der Waals surface area contributed by atoms with E-state index in [9.17, 15) is 0 Å². The lowest BCUT2D eigenvalue weighted by Gasteiger charge is -2.26. The summed E-state index contributed by atoms with van der Waals surface area (Å²) in [7, 11) is 0. The standard InChI is InChI=1S/C14H19N5O/c15-13-14(16-5-6-19-7-9-20-10-8-19)18-12-4-2-1-3-11(12)17-13/h1-4H,5-10H2,(H2,15,17)(H,16,18). The number of aromatic nitrogens is 2. The summed E-state index contributed by atoms with van der Waals surface area (Å²) >= 11 is 0. The lowest BCUT2D eigenvalue weighted by molar-refractivity contribution is 0.0398. The largest absolute Gasteiger partial charge is 0.381 e. The van der Waals surface area contributed by atoms with E-state index in [1.807, 2.05) is 24.3 Å². The van der Waals surface area contributed by atoms with Crippen molar-refractivity contribution >= 4 is 22.7 Å². The molecule has 0 atom stereocenters. The SMILES string of the molecule is Nc1nc2ccccc2nc1NCCN1CCOCC1. The van der Waals surface area contributed by atoms with Gasteiger partial charge in [0.25, 0.3) is 0 Å². The number of hydrogen-bond donors (Lipinski definition) is 2. The third kappa shape index (κ3) is 2.97. The zero-order valence-electron chi connectivity index (χ0n) is 11.4. The molecular weight excluding hydrogens is 254 g/mol. The molecule has 1 aromatic heterocycles. The topological polar surface area (TPSA) is 76.3 Å². The molecule has 3 N–H and O–H groups in total. The molecule has 1 aliphatic heterocycles. The number of nitrogen functional groups attached to an aromatic ring is 1.